The maximum Gasteiger partial charge on any atom is 0.354 e. The zero-order valence-corrected chi connectivity index (χ0v) is 11.5. The first-order valence-corrected chi connectivity index (χ1v) is 6.84. The van der Waals surface area contributed by atoms with Crippen molar-refractivity contribution in [1.82, 2.24) is 9.88 Å². The standard InChI is InChI=1S/C16H16N2O3/c19-16(20)15-8-4-5-12(17-15)9-18-10-14(11-18)21-13-6-2-1-3-7-13/h1-8,14H,9-11H2,(H,19,20). The van der Waals surface area contributed by atoms with Gasteiger partial charge < -0.3 is 9.84 Å². The summed E-state index contributed by atoms with van der Waals surface area (Å²) in [5.41, 5.74) is 0.859. The second-order valence-corrected chi connectivity index (χ2v) is 5.07. The highest BCUT2D eigenvalue weighted by Gasteiger charge is 2.28. The Morgan fingerprint density at radius 2 is 1.95 bits per heavy atom. The van der Waals surface area contributed by atoms with E-state index in [0.29, 0.717) is 6.54 Å². The van der Waals surface area contributed by atoms with Gasteiger partial charge in [0.15, 0.2) is 0 Å². The van der Waals surface area contributed by atoms with Gasteiger partial charge in [-0.15, -0.1) is 0 Å². The molecule has 1 aromatic heterocycles. The molecule has 0 spiro atoms. The molecule has 0 unspecified atom stereocenters. The van der Waals surface area contributed by atoms with Crippen LogP contribution >= 0.6 is 0 Å². The number of aromatic nitrogens is 1. The Labute approximate surface area is 122 Å². The molecule has 2 heterocycles. The highest BCUT2D eigenvalue weighted by atomic mass is 16.5. The number of aromatic carboxylic acids is 1. The molecule has 21 heavy (non-hydrogen) atoms. The fraction of sp³-hybridized carbons (Fsp3) is 0.250. The van der Waals surface area contributed by atoms with Crippen LogP contribution in [0.15, 0.2) is 48.5 Å². The van der Waals surface area contributed by atoms with Gasteiger partial charge >= 0.3 is 5.97 Å². The summed E-state index contributed by atoms with van der Waals surface area (Å²) in [4.78, 5) is 17.2. The normalized spacial score (nSPS) is 15.4. The van der Waals surface area contributed by atoms with Crippen molar-refractivity contribution >= 4 is 5.97 Å². The number of para-hydroxylation sites is 1. The molecule has 1 aliphatic rings. The molecule has 1 aromatic carbocycles. The molecule has 1 N–H and O–H groups in total. The molecule has 0 radical (unpaired) electrons. The number of carboxylic acid groups (broad SMARTS) is 1. The maximum absolute atomic E-state index is 10.9. The summed E-state index contributed by atoms with van der Waals surface area (Å²) in [5, 5.41) is 8.92. The Balaban J connectivity index is 1.51. The van der Waals surface area contributed by atoms with Gasteiger partial charge in [0, 0.05) is 19.6 Å². The lowest BCUT2D eigenvalue weighted by atomic mass is 10.1. The summed E-state index contributed by atoms with van der Waals surface area (Å²) in [7, 11) is 0. The van der Waals surface area contributed by atoms with Crippen molar-refractivity contribution in [3.8, 4) is 5.75 Å². The highest BCUT2D eigenvalue weighted by molar-refractivity contribution is 5.85. The molecule has 0 bridgehead atoms. The summed E-state index contributed by atoms with van der Waals surface area (Å²) in [6.45, 7) is 2.30. The monoisotopic (exact) mass is 284 g/mol. The average Bonchev–Trinajstić information content (AvgIpc) is 2.46. The average molecular weight is 284 g/mol. The molecule has 0 aliphatic carbocycles. The minimum absolute atomic E-state index is 0.0881. The Hall–Kier alpha value is -2.40. The van der Waals surface area contributed by atoms with Crippen LogP contribution in [-0.2, 0) is 6.54 Å². The van der Waals surface area contributed by atoms with Gasteiger partial charge in [0.25, 0.3) is 0 Å². The predicted octanol–water partition coefficient (Wildman–Crippen LogP) is 2.04. The molecular formula is C16H16N2O3. The van der Waals surface area contributed by atoms with E-state index in [2.05, 4.69) is 9.88 Å². The summed E-state index contributed by atoms with van der Waals surface area (Å²) in [6, 6.07) is 14.8. The van der Waals surface area contributed by atoms with E-state index >= 15 is 0 Å². The van der Waals surface area contributed by atoms with Crippen LogP contribution in [0.3, 0.4) is 0 Å². The Bertz CT molecular complexity index is 624. The van der Waals surface area contributed by atoms with Crippen molar-refractivity contribution in [2.75, 3.05) is 13.1 Å². The molecule has 0 saturated carbocycles. The number of carbonyl (C=O) groups is 1. The Morgan fingerprint density at radius 3 is 2.67 bits per heavy atom. The van der Waals surface area contributed by atoms with E-state index in [1.54, 1.807) is 6.07 Å². The number of nitrogens with zero attached hydrogens (tertiary/aromatic N) is 2. The first-order valence-electron chi connectivity index (χ1n) is 6.84. The van der Waals surface area contributed by atoms with Crippen LogP contribution in [-0.4, -0.2) is 40.2 Å². The number of benzene rings is 1. The van der Waals surface area contributed by atoms with Crippen molar-refractivity contribution in [2.24, 2.45) is 0 Å². The molecular weight excluding hydrogens is 268 g/mol. The third-order valence-electron chi connectivity index (χ3n) is 3.38. The van der Waals surface area contributed by atoms with E-state index in [1.165, 1.54) is 6.07 Å². The first-order chi connectivity index (χ1) is 10.2. The Kier molecular flexibility index (Phi) is 3.83. The number of likely N-dealkylation sites (tertiary alicyclic amines) is 1. The van der Waals surface area contributed by atoms with Crippen LogP contribution in [0.4, 0.5) is 0 Å². The van der Waals surface area contributed by atoms with Gasteiger partial charge in [0.05, 0.1) is 5.69 Å². The van der Waals surface area contributed by atoms with Gasteiger partial charge in [-0.25, -0.2) is 9.78 Å². The van der Waals surface area contributed by atoms with Crippen molar-refractivity contribution < 1.29 is 14.6 Å². The van der Waals surface area contributed by atoms with E-state index in [4.69, 9.17) is 9.84 Å². The zero-order chi connectivity index (χ0) is 14.7. The number of hydrogen-bond donors (Lipinski definition) is 1. The largest absolute Gasteiger partial charge is 0.488 e. The van der Waals surface area contributed by atoms with Crippen molar-refractivity contribution in [1.29, 1.82) is 0 Å². The fourth-order valence-corrected chi connectivity index (χ4v) is 2.33. The van der Waals surface area contributed by atoms with Crippen LogP contribution in [0, 0.1) is 0 Å². The number of rotatable bonds is 5. The van der Waals surface area contributed by atoms with Crippen molar-refractivity contribution in [3.05, 3.63) is 59.9 Å². The summed E-state index contributed by atoms with van der Waals surface area (Å²) in [5.74, 6) is -0.112. The lowest BCUT2D eigenvalue weighted by molar-refractivity contribution is 0.0137. The van der Waals surface area contributed by atoms with Gasteiger partial charge in [-0.05, 0) is 24.3 Å². The molecule has 2 aromatic rings. The van der Waals surface area contributed by atoms with E-state index in [9.17, 15) is 4.79 Å². The van der Waals surface area contributed by atoms with Crippen LogP contribution in [0.5, 0.6) is 5.75 Å². The van der Waals surface area contributed by atoms with E-state index in [-0.39, 0.29) is 11.8 Å². The number of ether oxygens (including phenoxy) is 1. The van der Waals surface area contributed by atoms with Crippen LogP contribution in [0.2, 0.25) is 0 Å². The highest BCUT2D eigenvalue weighted by Crippen LogP contribution is 2.19. The third kappa shape index (κ3) is 3.38. The number of pyridine rings is 1. The van der Waals surface area contributed by atoms with E-state index < -0.39 is 5.97 Å². The lowest BCUT2D eigenvalue weighted by Crippen LogP contribution is -2.53. The fourth-order valence-electron chi connectivity index (χ4n) is 2.33. The Morgan fingerprint density at radius 1 is 1.19 bits per heavy atom. The maximum atomic E-state index is 10.9. The van der Waals surface area contributed by atoms with Gasteiger partial charge in [0.1, 0.15) is 17.5 Å². The third-order valence-corrected chi connectivity index (χ3v) is 3.38. The summed E-state index contributed by atoms with van der Waals surface area (Å²) < 4.78 is 5.82. The minimum Gasteiger partial charge on any atom is -0.488 e. The predicted molar refractivity (Wildman–Crippen MR) is 77.3 cm³/mol. The summed E-state index contributed by atoms with van der Waals surface area (Å²) in [6.07, 6.45) is 0.190. The molecule has 5 heteroatoms. The number of carboxylic acids is 1. The van der Waals surface area contributed by atoms with Crippen molar-refractivity contribution in [2.45, 2.75) is 12.6 Å². The molecule has 1 aliphatic heterocycles. The van der Waals surface area contributed by atoms with Crippen LogP contribution in [0.25, 0.3) is 0 Å². The molecule has 0 atom stereocenters. The molecule has 3 rings (SSSR count). The van der Waals surface area contributed by atoms with E-state index in [0.717, 1.165) is 24.5 Å². The van der Waals surface area contributed by atoms with Gasteiger partial charge in [0.2, 0.25) is 0 Å². The summed E-state index contributed by atoms with van der Waals surface area (Å²) >= 11 is 0. The van der Waals surface area contributed by atoms with Crippen LogP contribution in [0.1, 0.15) is 16.2 Å². The minimum atomic E-state index is -0.995. The lowest BCUT2D eigenvalue weighted by Gasteiger charge is -2.38. The first kappa shape index (κ1) is 13.6. The molecule has 1 saturated heterocycles. The quantitative estimate of drug-likeness (QED) is 0.910. The second kappa shape index (κ2) is 5.93. The molecule has 1 fully saturated rings. The molecule has 5 nitrogen and oxygen atoms in total. The molecule has 108 valence electrons. The van der Waals surface area contributed by atoms with Gasteiger partial charge in [-0.2, -0.15) is 0 Å². The topological polar surface area (TPSA) is 62.7 Å². The molecule has 0 amide bonds. The zero-order valence-electron chi connectivity index (χ0n) is 11.5. The van der Waals surface area contributed by atoms with E-state index in [1.807, 2.05) is 36.4 Å². The van der Waals surface area contributed by atoms with Crippen LogP contribution < -0.4 is 4.74 Å². The SMILES string of the molecule is O=C(O)c1cccc(CN2CC(Oc3ccccc3)C2)n1. The number of hydrogen-bond acceptors (Lipinski definition) is 4. The van der Waals surface area contributed by atoms with Gasteiger partial charge in [-0.1, -0.05) is 24.3 Å². The van der Waals surface area contributed by atoms with Crippen molar-refractivity contribution in [3.63, 3.8) is 0 Å². The van der Waals surface area contributed by atoms with Gasteiger partial charge in [-0.3, -0.25) is 4.90 Å². The second-order valence-electron chi connectivity index (χ2n) is 5.07. The smallest absolute Gasteiger partial charge is 0.354 e.